The Kier molecular flexibility index (Phi) is 4.83. The van der Waals surface area contributed by atoms with Crippen molar-refractivity contribution >= 4 is 17.2 Å². The molecule has 0 fully saturated rings. The van der Waals surface area contributed by atoms with Crippen LogP contribution >= 0.6 is 0 Å². The second kappa shape index (κ2) is 7.58. The maximum atomic E-state index is 12.8. The SMILES string of the molecule is O=Cc1ccc(-c2nc3ccn(CCO)c(=O)c3cc2-c2ccccc2)cc1. The number of rotatable bonds is 5. The van der Waals surface area contributed by atoms with Crippen LogP contribution in [0.15, 0.2) is 77.7 Å². The normalized spacial score (nSPS) is 10.9. The van der Waals surface area contributed by atoms with E-state index in [0.29, 0.717) is 16.5 Å². The van der Waals surface area contributed by atoms with Gasteiger partial charge in [0.05, 0.1) is 23.2 Å². The topological polar surface area (TPSA) is 72.2 Å². The number of nitrogens with zero attached hydrogens (tertiary/aromatic N) is 2. The van der Waals surface area contributed by atoms with E-state index in [4.69, 9.17) is 4.98 Å². The van der Waals surface area contributed by atoms with E-state index in [9.17, 15) is 14.7 Å². The van der Waals surface area contributed by atoms with Crippen molar-refractivity contribution in [2.24, 2.45) is 0 Å². The molecule has 0 atom stereocenters. The average molecular weight is 370 g/mol. The molecule has 4 aromatic rings. The van der Waals surface area contributed by atoms with Gasteiger partial charge in [-0.3, -0.25) is 9.59 Å². The summed E-state index contributed by atoms with van der Waals surface area (Å²) < 4.78 is 1.48. The maximum Gasteiger partial charge on any atom is 0.260 e. The van der Waals surface area contributed by atoms with Crippen LogP contribution in [-0.4, -0.2) is 27.6 Å². The highest BCUT2D eigenvalue weighted by Gasteiger charge is 2.14. The quantitative estimate of drug-likeness (QED) is 0.546. The lowest BCUT2D eigenvalue weighted by molar-refractivity contribution is 0.112. The van der Waals surface area contributed by atoms with E-state index < -0.39 is 0 Å². The molecule has 5 nitrogen and oxygen atoms in total. The van der Waals surface area contributed by atoms with Gasteiger partial charge in [0.1, 0.15) is 6.29 Å². The first-order valence-electron chi connectivity index (χ1n) is 8.97. The van der Waals surface area contributed by atoms with Gasteiger partial charge in [0.2, 0.25) is 0 Å². The van der Waals surface area contributed by atoms with Crippen molar-refractivity contribution in [2.45, 2.75) is 6.54 Å². The van der Waals surface area contributed by atoms with Crippen LogP contribution in [0.25, 0.3) is 33.3 Å². The highest BCUT2D eigenvalue weighted by atomic mass is 16.3. The zero-order valence-electron chi connectivity index (χ0n) is 15.1. The van der Waals surface area contributed by atoms with Crippen molar-refractivity contribution in [3.05, 3.63) is 88.8 Å². The smallest absolute Gasteiger partial charge is 0.260 e. The summed E-state index contributed by atoms with van der Waals surface area (Å²) in [4.78, 5) is 28.6. The average Bonchev–Trinajstić information content (AvgIpc) is 2.76. The zero-order chi connectivity index (χ0) is 19.5. The van der Waals surface area contributed by atoms with Gasteiger partial charge in [-0.1, -0.05) is 54.6 Å². The number of aldehydes is 1. The van der Waals surface area contributed by atoms with Crippen LogP contribution in [0.3, 0.4) is 0 Å². The lowest BCUT2D eigenvalue weighted by atomic mass is 9.97. The molecule has 2 aromatic carbocycles. The van der Waals surface area contributed by atoms with Gasteiger partial charge < -0.3 is 9.67 Å². The third-order valence-corrected chi connectivity index (χ3v) is 4.70. The number of benzene rings is 2. The molecule has 5 heteroatoms. The molecular weight excluding hydrogens is 352 g/mol. The van der Waals surface area contributed by atoms with Crippen molar-refractivity contribution in [1.82, 2.24) is 9.55 Å². The molecule has 0 amide bonds. The maximum absolute atomic E-state index is 12.8. The number of fused-ring (bicyclic) bond motifs is 1. The summed E-state index contributed by atoms with van der Waals surface area (Å²) in [5.74, 6) is 0. The van der Waals surface area contributed by atoms with Gasteiger partial charge >= 0.3 is 0 Å². The Morgan fingerprint density at radius 2 is 1.71 bits per heavy atom. The minimum Gasteiger partial charge on any atom is -0.395 e. The fourth-order valence-electron chi connectivity index (χ4n) is 3.27. The number of hydrogen-bond donors (Lipinski definition) is 1. The fraction of sp³-hybridized carbons (Fsp3) is 0.0870. The molecule has 0 aliphatic rings. The van der Waals surface area contributed by atoms with Crippen molar-refractivity contribution in [3.8, 4) is 22.4 Å². The van der Waals surface area contributed by atoms with Gasteiger partial charge in [0.25, 0.3) is 5.56 Å². The predicted octanol–water partition coefficient (Wildman–Crippen LogP) is 3.54. The van der Waals surface area contributed by atoms with E-state index in [1.807, 2.05) is 48.5 Å². The Morgan fingerprint density at radius 3 is 2.39 bits per heavy atom. The summed E-state index contributed by atoms with van der Waals surface area (Å²) in [7, 11) is 0. The number of aliphatic hydroxyl groups is 1. The second-order valence-corrected chi connectivity index (χ2v) is 6.46. The molecule has 0 saturated carbocycles. The van der Waals surface area contributed by atoms with Gasteiger partial charge in [-0.15, -0.1) is 0 Å². The first-order valence-corrected chi connectivity index (χ1v) is 8.97. The van der Waals surface area contributed by atoms with Crippen LogP contribution in [0.5, 0.6) is 0 Å². The molecule has 2 aromatic heterocycles. The molecule has 0 aliphatic carbocycles. The molecule has 4 rings (SSSR count). The van der Waals surface area contributed by atoms with Crippen LogP contribution in [-0.2, 0) is 6.54 Å². The summed E-state index contributed by atoms with van der Waals surface area (Å²) in [6.45, 7) is 0.135. The van der Waals surface area contributed by atoms with Crippen LogP contribution in [0, 0.1) is 0 Å². The van der Waals surface area contributed by atoms with Gasteiger partial charge in [-0.05, 0) is 17.7 Å². The minimum absolute atomic E-state index is 0.106. The van der Waals surface area contributed by atoms with E-state index >= 15 is 0 Å². The fourth-order valence-corrected chi connectivity index (χ4v) is 3.27. The highest BCUT2D eigenvalue weighted by molar-refractivity contribution is 5.91. The number of carbonyl (C=O) groups excluding carboxylic acids is 1. The number of pyridine rings is 2. The Morgan fingerprint density at radius 1 is 0.964 bits per heavy atom. The monoisotopic (exact) mass is 370 g/mol. The van der Waals surface area contributed by atoms with Crippen molar-refractivity contribution in [3.63, 3.8) is 0 Å². The van der Waals surface area contributed by atoms with Gasteiger partial charge in [-0.2, -0.15) is 0 Å². The van der Waals surface area contributed by atoms with Crippen LogP contribution < -0.4 is 5.56 Å². The molecule has 0 spiro atoms. The lowest BCUT2D eigenvalue weighted by Crippen LogP contribution is -2.21. The van der Waals surface area contributed by atoms with E-state index in [0.717, 1.165) is 28.7 Å². The van der Waals surface area contributed by atoms with E-state index in [2.05, 4.69) is 0 Å². The summed E-state index contributed by atoms with van der Waals surface area (Å²) in [6.07, 6.45) is 2.45. The van der Waals surface area contributed by atoms with Crippen molar-refractivity contribution in [2.75, 3.05) is 6.61 Å². The molecule has 0 radical (unpaired) electrons. The third-order valence-electron chi connectivity index (χ3n) is 4.70. The zero-order valence-corrected chi connectivity index (χ0v) is 15.1. The summed E-state index contributed by atoms with van der Waals surface area (Å²) in [5, 5.41) is 9.69. The molecule has 28 heavy (non-hydrogen) atoms. The van der Waals surface area contributed by atoms with E-state index in [-0.39, 0.29) is 18.7 Å². The van der Waals surface area contributed by atoms with Crippen molar-refractivity contribution in [1.29, 1.82) is 0 Å². The molecular formula is C23H18N2O3. The molecule has 0 bridgehead atoms. The molecule has 138 valence electrons. The highest BCUT2D eigenvalue weighted by Crippen LogP contribution is 2.32. The van der Waals surface area contributed by atoms with Gasteiger partial charge in [0.15, 0.2) is 0 Å². The summed E-state index contributed by atoms with van der Waals surface area (Å²) in [6, 6.07) is 20.6. The Labute approximate surface area is 161 Å². The van der Waals surface area contributed by atoms with Gasteiger partial charge in [-0.25, -0.2) is 4.98 Å². The standard InChI is InChI=1S/C23H18N2O3/c26-13-12-25-11-10-21-20(23(25)28)14-19(17-4-2-1-3-5-17)22(24-21)18-8-6-16(15-27)7-9-18/h1-11,14-15,26H,12-13H2. The number of hydrogen-bond acceptors (Lipinski definition) is 4. The first-order chi connectivity index (χ1) is 13.7. The van der Waals surface area contributed by atoms with Crippen LogP contribution in [0.4, 0.5) is 0 Å². The molecule has 0 aliphatic heterocycles. The molecule has 1 N–H and O–H groups in total. The Balaban J connectivity index is 2.00. The van der Waals surface area contributed by atoms with E-state index in [1.165, 1.54) is 4.57 Å². The van der Waals surface area contributed by atoms with Crippen LogP contribution in [0.2, 0.25) is 0 Å². The molecule has 0 saturated heterocycles. The summed E-state index contributed by atoms with van der Waals surface area (Å²) in [5.41, 5.74) is 4.40. The number of carbonyl (C=O) groups is 1. The Hall–Kier alpha value is -3.57. The van der Waals surface area contributed by atoms with Gasteiger partial charge in [0, 0.05) is 29.4 Å². The lowest BCUT2D eigenvalue weighted by Gasteiger charge is -2.13. The van der Waals surface area contributed by atoms with E-state index in [1.54, 1.807) is 24.4 Å². The number of aliphatic hydroxyl groups excluding tert-OH is 1. The van der Waals surface area contributed by atoms with Crippen molar-refractivity contribution < 1.29 is 9.90 Å². The minimum atomic E-state index is -0.181. The predicted molar refractivity (Wildman–Crippen MR) is 109 cm³/mol. The summed E-state index contributed by atoms with van der Waals surface area (Å²) >= 11 is 0. The first kappa shape index (κ1) is 17.8. The Bertz CT molecular complexity index is 1200. The molecule has 2 heterocycles. The third kappa shape index (κ3) is 3.23. The van der Waals surface area contributed by atoms with Crippen LogP contribution in [0.1, 0.15) is 10.4 Å². The molecule has 0 unspecified atom stereocenters. The second-order valence-electron chi connectivity index (χ2n) is 6.46. The largest absolute Gasteiger partial charge is 0.395 e. The number of aromatic nitrogens is 2.